The number of nitrogens with one attached hydrogen (secondary N) is 1. The van der Waals surface area contributed by atoms with Crippen LogP contribution in [0, 0.1) is 0 Å². The lowest BCUT2D eigenvalue weighted by Crippen LogP contribution is -2.26. The molecular formula is C18H17N3O2S. The molecule has 24 heavy (non-hydrogen) atoms. The number of para-hydroxylation sites is 1. The number of rotatable bonds is 4. The minimum Gasteiger partial charge on any atom is -0.352 e. The summed E-state index contributed by atoms with van der Waals surface area (Å²) in [5.41, 5.74) is 1.63. The van der Waals surface area contributed by atoms with E-state index in [2.05, 4.69) is 10.3 Å². The highest BCUT2D eigenvalue weighted by Crippen LogP contribution is 2.15. The lowest BCUT2D eigenvalue weighted by Gasteiger charge is -2.03. The number of hydrogen-bond acceptors (Lipinski definition) is 3. The maximum atomic E-state index is 12.0. The van der Waals surface area contributed by atoms with Crippen LogP contribution in [0.5, 0.6) is 0 Å². The molecule has 0 radical (unpaired) electrons. The van der Waals surface area contributed by atoms with Crippen LogP contribution in [0.25, 0.3) is 10.2 Å². The van der Waals surface area contributed by atoms with Crippen molar-refractivity contribution in [1.29, 1.82) is 0 Å². The number of thiazole rings is 1. The molecule has 0 saturated heterocycles. The Morgan fingerprint density at radius 2 is 1.79 bits per heavy atom. The van der Waals surface area contributed by atoms with Crippen LogP contribution >= 0.6 is 11.3 Å². The molecule has 1 aromatic heterocycles. The number of carbonyl (C=O) groups excluding carboxylic acids is 2. The number of nitrogens with zero attached hydrogens (tertiary/aromatic N) is 2. The Hall–Kier alpha value is -2.73. The van der Waals surface area contributed by atoms with Crippen LogP contribution in [0.1, 0.15) is 16.8 Å². The summed E-state index contributed by atoms with van der Waals surface area (Å²) in [4.78, 5) is 28.8. The normalized spacial score (nSPS) is 11.6. The molecule has 2 amide bonds. The van der Waals surface area contributed by atoms with Crippen molar-refractivity contribution in [3.05, 3.63) is 65.0 Å². The smallest absolute Gasteiger partial charge is 0.251 e. The Morgan fingerprint density at radius 3 is 2.54 bits per heavy atom. The predicted octanol–water partition coefficient (Wildman–Crippen LogP) is 2.49. The number of aromatic nitrogens is 1. The van der Waals surface area contributed by atoms with E-state index in [4.69, 9.17) is 0 Å². The first-order valence-corrected chi connectivity index (χ1v) is 8.42. The van der Waals surface area contributed by atoms with E-state index in [1.165, 1.54) is 11.3 Å². The molecule has 0 unspecified atom stereocenters. The summed E-state index contributed by atoms with van der Waals surface area (Å²) in [7, 11) is 1.89. The topological polar surface area (TPSA) is 63.5 Å². The van der Waals surface area contributed by atoms with Gasteiger partial charge in [0.2, 0.25) is 5.91 Å². The number of aryl methyl sites for hydroxylation is 1. The number of hydrogen-bond donors (Lipinski definition) is 1. The Balaban J connectivity index is 1.63. The SMILES string of the molecule is Cn1c(=NC(=O)CCNC(=O)c2ccccc2)sc2ccccc21. The minimum atomic E-state index is -0.245. The van der Waals surface area contributed by atoms with Gasteiger partial charge in [0.1, 0.15) is 0 Å². The summed E-state index contributed by atoms with van der Waals surface area (Å²) in [5, 5.41) is 2.73. The first-order chi connectivity index (χ1) is 11.6. The zero-order valence-electron chi connectivity index (χ0n) is 13.2. The van der Waals surface area contributed by atoms with Crippen molar-refractivity contribution in [2.75, 3.05) is 6.54 Å². The maximum Gasteiger partial charge on any atom is 0.251 e. The van der Waals surface area contributed by atoms with E-state index in [1.54, 1.807) is 24.3 Å². The van der Waals surface area contributed by atoms with Crippen LogP contribution in [0.15, 0.2) is 59.6 Å². The first-order valence-electron chi connectivity index (χ1n) is 7.60. The number of carbonyl (C=O) groups is 2. The molecule has 1 N–H and O–H groups in total. The fourth-order valence-corrected chi connectivity index (χ4v) is 3.36. The van der Waals surface area contributed by atoms with Gasteiger partial charge < -0.3 is 9.88 Å². The lowest BCUT2D eigenvalue weighted by molar-refractivity contribution is -0.117. The standard InChI is InChI=1S/C18H17N3O2S/c1-21-14-9-5-6-10-15(14)24-18(21)20-16(22)11-12-19-17(23)13-7-3-2-4-8-13/h2-10H,11-12H2,1H3,(H,19,23). The predicted molar refractivity (Wildman–Crippen MR) is 94.8 cm³/mol. The van der Waals surface area contributed by atoms with Gasteiger partial charge in [-0.3, -0.25) is 9.59 Å². The molecule has 5 nitrogen and oxygen atoms in total. The van der Waals surface area contributed by atoms with Crippen molar-refractivity contribution in [2.24, 2.45) is 12.0 Å². The summed E-state index contributed by atoms with van der Waals surface area (Å²) < 4.78 is 2.99. The fourth-order valence-electron chi connectivity index (χ4n) is 2.33. The van der Waals surface area contributed by atoms with E-state index in [0.717, 1.165) is 10.2 Å². The zero-order chi connectivity index (χ0) is 16.9. The molecule has 0 fully saturated rings. The molecular weight excluding hydrogens is 322 g/mol. The van der Waals surface area contributed by atoms with Gasteiger partial charge in [0.25, 0.3) is 5.91 Å². The van der Waals surface area contributed by atoms with Crippen molar-refractivity contribution in [1.82, 2.24) is 9.88 Å². The van der Waals surface area contributed by atoms with Gasteiger partial charge in [-0.15, -0.1) is 0 Å². The van der Waals surface area contributed by atoms with Gasteiger partial charge in [0, 0.05) is 25.6 Å². The minimum absolute atomic E-state index is 0.173. The van der Waals surface area contributed by atoms with Crippen molar-refractivity contribution in [3.63, 3.8) is 0 Å². The Bertz CT molecular complexity index is 942. The van der Waals surface area contributed by atoms with Gasteiger partial charge in [-0.25, -0.2) is 0 Å². The Labute approximate surface area is 143 Å². The molecule has 6 heteroatoms. The summed E-state index contributed by atoms with van der Waals surface area (Å²) in [6.45, 7) is 0.269. The van der Waals surface area contributed by atoms with Crippen LogP contribution in [0.3, 0.4) is 0 Å². The van der Waals surface area contributed by atoms with E-state index in [0.29, 0.717) is 10.4 Å². The second-order valence-electron chi connectivity index (χ2n) is 5.29. The quantitative estimate of drug-likeness (QED) is 0.794. The molecule has 2 aromatic carbocycles. The zero-order valence-corrected chi connectivity index (χ0v) is 14.0. The van der Waals surface area contributed by atoms with Crippen LogP contribution < -0.4 is 10.1 Å². The highest BCUT2D eigenvalue weighted by Gasteiger charge is 2.07. The molecule has 0 saturated carbocycles. The molecule has 0 atom stereocenters. The van der Waals surface area contributed by atoms with Crippen LogP contribution in [0.4, 0.5) is 0 Å². The van der Waals surface area contributed by atoms with E-state index >= 15 is 0 Å². The molecule has 3 rings (SSSR count). The van der Waals surface area contributed by atoms with E-state index in [1.807, 2.05) is 41.9 Å². The van der Waals surface area contributed by atoms with Gasteiger partial charge in [0.15, 0.2) is 4.80 Å². The van der Waals surface area contributed by atoms with Gasteiger partial charge >= 0.3 is 0 Å². The van der Waals surface area contributed by atoms with Crippen LogP contribution in [-0.4, -0.2) is 22.9 Å². The highest BCUT2D eigenvalue weighted by atomic mass is 32.1. The van der Waals surface area contributed by atoms with Gasteiger partial charge in [-0.2, -0.15) is 4.99 Å². The average molecular weight is 339 g/mol. The van der Waals surface area contributed by atoms with Crippen molar-refractivity contribution in [3.8, 4) is 0 Å². The summed E-state index contributed by atoms with van der Waals surface area (Å²) in [5.74, 6) is -0.429. The third kappa shape index (κ3) is 3.60. The third-order valence-electron chi connectivity index (χ3n) is 3.60. The van der Waals surface area contributed by atoms with Crippen molar-refractivity contribution in [2.45, 2.75) is 6.42 Å². The lowest BCUT2D eigenvalue weighted by atomic mass is 10.2. The second-order valence-corrected chi connectivity index (χ2v) is 6.30. The summed E-state index contributed by atoms with van der Waals surface area (Å²) in [6.07, 6.45) is 0.173. The molecule has 1 heterocycles. The Morgan fingerprint density at radius 1 is 1.08 bits per heavy atom. The monoisotopic (exact) mass is 339 g/mol. The molecule has 3 aromatic rings. The van der Waals surface area contributed by atoms with Crippen LogP contribution in [0.2, 0.25) is 0 Å². The average Bonchev–Trinajstić information content (AvgIpc) is 2.92. The molecule has 0 spiro atoms. The molecule has 0 aliphatic heterocycles. The summed E-state index contributed by atoms with van der Waals surface area (Å²) >= 11 is 1.48. The maximum absolute atomic E-state index is 12.0. The number of amides is 2. The molecule has 0 aliphatic rings. The molecule has 122 valence electrons. The van der Waals surface area contributed by atoms with Gasteiger partial charge in [0.05, 0.1) is 10.2 Å². The third-order valence-corrected chi connectivity index (χ3v) is 4.71. The first kappa shape index (κ1) is 16.1. The largest absolute Gasteiger partial charge is 0.352 e. The number of fused-ring (bicyclic) bond motifs is 1. The van der Waals surface area contributed by atoms with Crippen molar-refractivity contribution < 1.29 is 9.59 Å². The van der Waals surface area contributed by atoms with Crippen molar-refractivity contribution >= 4 is 33.4 Å². The van der Waals surface area contributed by atoms with E-state index in [-0.39, 0.29) is 24.8 Å². The molecule has 0 aliphatic carbocycles. The summed E-state index contributed by atoms with van der Waals surface area (Å²) in [6, 6.07) is 16.8. The van der Waals surface area contributed by atoms with Crippen LogP contribution in [-0.2, 0) is 11.8 Å². The number of benzene rings is 2. The molecule has 0 bridgehead atoms. The highest BCUT2D eigenvalue weighted by molar-refractivity contribution is 7.16. The second kappa shape index (κ2) is 7.23. The van der Waals surface area contributed by atoms with E-state index in [9.17, 15) is 9.59 Å². The van der Waals surface area contributed by atoms with Gasteiger partial charge in [-0.1, -0.05) is 41.7 Å². The Kier molecular flexibility index (Phi) is 4.86. The fraction of sp³-hybridized carbons (Fsp3) is 0.167. The van der Waals surface area contributed by atoms with E-state index < -0.39 is 0 Å². The van der Waals surface area contributed by atoms with Gasteiger partial charge in [-0.05, 0) is 24.3 Å².